The molecule has 1 aliphatic carbocycles. The summed E-state index contributed by atoms with van der Waals surface area (Å²) in [5, 5.41) is 9.21. The first kappa shape index (κ1) is 40.7. The molecule has 4 rings (SSSR count). The van der Waals surface area contributed by atoms with Crippen LogP contribution in [0.3, 0.4) is 0 Å². The quantitative estimate of drug-likeness (QED) is 0.154. The lowest BCUT2D eigenvalue weighted by Crippen LogP contribution is -2.34. The zero-order valence-corrected chi connectivity index (χ0v) is 30.3. The molecule has 0 aliphatic heterocycles. The van der Waals surface area contributed by atoms with E-state index >= 15 is 0 Å². The van der Waals surface area contributed by atoms with Crippen molar-refractivity contribution in [2.45, 2.75) is 77.8 Å². The molecule has 1 heterocycles. The minimum atomic E-state index is -5.04. The van der Waals surface area contributed by atoms with Crippen molar-refractivity contribution in [1.82, 2.24) is 9.97 Å². The van der Waals surface area contributed by atoms with Crippen molar-refractivity contribution in [1.29, 1.82) is 0 Å². The molecule has 9 nitrogen and oxygen atoms in total. The molecule has 0 bridgehead atoms. The van der Waals surface area contributed by atoms with Gasteiger partial charge < -0.3 is 19.6 Å². The van der Waals surface area contributed by atoms with E-state index in [4.69, 9.17) is 4.74 Å². The maximum Gasteiger partial charge on any atom is 0.416 e. The highest BCUT2D eigenvalue weighted by molar-refractivity contribution is 7.90. The van der Waals surface area contributed by atoms with E-state index in [2.05, 4.69) is 14.9 Å². The predicted molar refractivity (Wildman–Crippen MR) is 185 cm³/mol. The number of sulfone groups is 1. The van der Waals surface area contributed by atoms with Crippen molar-refractivity contribution in [3.05, 3.63) is 76.6 Å². The summed E-state index contributed by atoms with van der Waals surface area (Å²) in [5.41, 5.74) is -0.672. The van der Waals surface area contributed by atoms with Gasteiger partial charge in [0.1, 0.15) is 6.61 Å². The van der Waals surface area contributed by atoms with Gasteiger partial charge in [-0.1, -0.05) is 17.7 Å². The Kier molecular flexibility index (Phi) is 13.1. The van der Waals surface area contributed by atoms with Crippen LogP contribution in [0, 0.1) is 18.8 Å². The lowest BCUT2D eigenvalue weighted by Gasteiger charge is -2.36. The Morgan fingerprint density at radius 3 is 2.06 bits per heavy atom. The minimum Gasteiger partial charge on any atom is -0.489 e. The van der Waals surface area contributed by atoms with E-state index in [-0.39, 0.29) is 54.6 Å². The van der Waals surface area contributed by atoms with Gasteiger partial charge in [-0.2, -0.15) is 26.3 Å². The number of hydrogen-bond donors (Lipinski definition) is 1. The molecule has 16 heteroatoms. The first-order valence-electron chi connectivity index (χ1n) is 17.0. The van der Waals surface area contributed by atoms with Crippen molar-refractivity contribution < 1.29 is 49.4 Å². The number of halogens is 6. The lowest BCUT2D eigenvalue weighted by atomic mass is 9.80. The molecular formula is C36H44F6N4O5S. The fourth-order valence-corrected chi connectivity index (χ4v) is 6.92. The zero-order chi connectivity index (χ0) is 38.4. The average molecular weight is 759 g/mol. The van der Waals surface area contributed by atoms with Crippen LogP contribution in [0.4, 0.5) is 38.0 Å². The Hall–Kier alpha value is -4.08. The highest BCUT2D eigenvalue weighted by Gasteiger charge is 2.38. The maximum absolute atomic E-state index is 13.9. The highest BCUT2D eigenvalue weighted by Crippen LogP contribution is 2.40. The van der Waals surface area contributed by atoms with E-state index in [1.54, 1.807) is 0 Å². The number of aryl methyl sites for hydroxylation is 1. The third-order valence-electron chi connectivity index (χ3n) is 9.36. The van der Waals surface area contributed by atoms with Crippen LogP contribution in [0.1, 0.15) is 79.8 Å². The van der Waals surface area contributed by atoms with Crippen molar-refractivity contribution >= 4 is 27.4 Å². The van der Waals surface area contributed by atoms with Crippen LogP contribution < -0.4 is 14.5 Å². The van der Waals surface area contributed by atoms with Crippen LogP contribution in [0.5, 0.6) is 5.75 Å². The van der Waals surface area contributed by atoms with Crippen LogP contribution in [0.2, 0.25) is 0 Å². The third-order valence-corrected chi connectivity index (χ3v) is 10.3. The zero-order valence-electron chi connectivity index (χ0n) is 29.5. The van der Waals surface area contributed by atoms with Gasteiger partial charge in [-0.3, -0.25) is 4.79 Å². The number of aliphatic carboxylic acids is 1. The minimum absolute atomic E-state index is 0.00110. The van der Waals surface area contributed by atoms with Crippen molar-refractivity contribution in [3.63, 3.8) is 0 Å². The second-order valence-electron chi connectivity index (χ2n) is 13.5. The Labute approximate surface area is 299 Å². The van der Waals surface area contributed by atoms with E-state index in [0.29, 0.717) is 31.1 Å². The maximum atomic E-state index is 13.9. The van der Waals surface area contributed by atoms with Gasteiger partial charge in [0.05, 0.1) is 35.3 Å². The molecule has 1 N–H and O–H groups in total. The highest BCUT2D eigenvalue weighted by atomic mass is 32.2. The topological polar surface area (TPSA) is 113 Å². The fraction of sp³-hybridized carbons (Fsp3) is 0.528. The number of hydrogen-bond acceptors (Lipinski definition) is 8. The molecule has 1 aliphatic rings. The summed E-state index contributed by atoms with van der Waals surface area (Å²) in [4.78, 5) is 23.6. The van der Waals surface area contributed by atoms with E-state index in [9.17, 15) is 44.7 Å². The van der Waals surface area contributed by atoms with Crippen molar-refractivity contribution in [2.75, 3.05) is 41.5 Å². The molecule has 52 heavy (non-hydrogen) atoms. The van der Waals surface area contributed by atoms with Crippen LogP contribution in [-0.2, 0) is 33.5 Å². The smallest absolute Gasteiger partial charge is 0.416 e. The Bertz CT molecular complexity index is 1750. The summed E-state index contributed by atoms with van der Waals surface area (Å²) in [6.07, 6.45) is -3.00. The summed E-state index contributed by atoms with van der Waals surface area (Å²) >= 11 is 0. The molecule has 1 atom stereocenters. The van der Waals surface area contributed by atoms with Crippen molar-refractivity contribution in [2.24, 2.45) is 11.8 Å². The molecule has 1 aromatic heterocycles. The summed E-state index contributed by atoms with van der Waals surface area (Å²) in [7, 11) is -3.31. The molecular weight excluding hydrogens is 714 g/mol. The monoisotopic (exact) mass is 758 g/mol. The molecule has 1 saturated carbocycles. The van der Waals surface area contributed by atoms with E-state index in [1.165, 1.54) is 24.2 Å². The van der Waals surface area contributed by atoms with Gasteiger partial charge in [0, 0.05) is 38.0 Å². The Morgan fingerprint density at radius 1 is 0.962 bits per heavy atom. The first-order chi connectivity index (χ1) is 24.2. The molecule has 0 amide bonds. The molecule has 2 aromatic carbocycles. The van der Waals surface area contributed by atoms with Crippen LogP contribution in [0.15, 0.2) is 48.8 Å². The Balaban J connectivity index is 1.72. The SMILES string of the molecule is CCN(C[C@H]1CC[C@H](CC(=O)O)CC1)c1ccc(C)cc1CN(c1ncc(OCCS(C)(=O)=O)cn1)[C@@H](C)c1cc(C(F)(F)F)cc(C(F)(F)F)c1. The predicted octanol–water partition coefficient (Wildman–Crippen LogP) is 8.12. The number of carboxylic acid groups (broad SMARTS) is 1. The second-order valence-corrected chi connectivity index (χ2v) is 15.8. The molecule has 0 unspecified atom stereocenters. The van der Waals surface area contributed by atoms with Crippen LogP contribution in [-0.4, -0.2) is 61.2 Å². The fourth-order valence-electron chi connectivity index (χ4n) is 6.53. The number of benzene rings is 2. The molecule has 0 spiro atoms. The van der Waals surface area contributed by atoms with Gasteiger partial charge in [-0.05, 0) is 93.7 Å². The number of aromatic nitrogens is 2. The van der Waals surface area contributed by atoms with Crippen molar-refractivity contribution in [3.8, 4) is 5.75 Å². The number of anilines is 2. The number of nitrogens with zero attached hydrogens (tertiary/aromatic N) is 4. The third kappa shape index (κ3) is 11.5. The molecule has 1 fully saturated rings. The van der Waals surface area contributed by atoms with Gasteiger partial charge in [0.15, 0.2) is 15.6 Å². The molecule has 0 radical (unpaired) electrons. The number of rotatable bonds is 15. The summed E-state index contributed by atoms with van der Waals surface area (Å²) < 4.78 is 112. The Morgan fingerprint density at radius 2 is 1.54 bits per heavy atom. The number of ether oxygens (including phenoxy) is 1. The van der Waals surface area contributed by atoms with Gasteiger partial charge in [0.25, 0.3) is 0 Å². The number of carbonyl (C=O) groups is 1. The van der Waals surface area contributed by atoms with Gasteiger partial charge >= 0.3 is 18.3 Å². The van der Waals surface area contributed by atoms with Crippen LogP contribution in [0.25, 0.3) is 0 Å². The van der Waals surface area contributed by atoms with Gasteiger partial charge in [-0.15, -0.1) is 0 Å². The average Bonchev–Trinajstić information content (AvgIpc) is 3.05. The normalized spacial score (nSPS) is 17.4. The number of carboxylic acids is 1. The van der Waals surface area contributed by atoms with Crippen LogP contribution >= 0.6 is 0 Å². The molecule has 0 saturated heterocycles. The first-order valence-corrected chi connectivity index (χ1v) is 19.0. The van der Waals surface area contributed by atoms with Gasteiger partial charge in [0.2, 0.25) is 5.95 Å². The summed E-state index contributed by atoms with van der Waals surface area (Å²) in [6.45, 7) is 6.48. The largest absolute Gasteiger partial charge is 0.489 e. The summed E-state index contributed by atoms with van der Waals surface area (Å²) in [6, 6.07) is 6.19. The standard InChI is InChI=1S/C36H44F6N4O5S/c1-5-45(21-26-9-7-25(8-10-26)15-33(47)48)32-11-6-23(2)14-28(32)22-46(34-43-19-31(20-44-34)51-12-13-52(4,49)50)24(3)27-16-29(35(37,38)39)18-30(17-27)36(40,41)42/h6,11,14,16-20,24-26H,5,7-10,12-13,15,21-22H2,1-4H3,(H,47,48)/t24-,25-,26-/m0/s1. The van der Waals surface area contributed by atoms with Gasteiger partial charge in [-0.25, -0.2) is 18.4 Å². The number of alkyl halides is 6. The summed E-state index contributed by atoms with van der Waals surface area (Å²) in [5.74, 6) is -0.494. The molecule has 286 valence electrons. The van der Waals surface area contributed by atoms with E-state index in [1.807, 2.05) is 32.0 Å². The van der Waals surface area contributed by atoms with E-state index < -0.39 is 45.3 Å². The lowest BCUT2D eigenvalue weighted by molar-refractivity contribution is -0.143. The van der Waals surface area contributed by atoms with E-state index in [0.717, 1.165) is 48.8 Å². The second kappa shape index (κ2) is 16.7. The molecule has 3 aromatic rings.